The fourth-order valence-electron chi connectivity index (χ4n) is 7.64. The second kappa shape index (κ2) is 18.4. The predicted octanol–water partition coefficient (Wildman–Crippen LogP) is 11.4. The number of Topliss-reactive ketones (excluding diaryl/α,β-unsaturated/α-hetero) is 1. The molecule has 1 saturated carbocycles. The van der Waals surface area contributed by atoms with Crippen molar-refractivity contribution in [2.45, 2.75) is 124 Å². The van der Waals surface area contributed by atoms with E-state index in [1.807, 2.05) is 12.1 Å². The molecule has 1 aromatic rings. The van der Waals surface area contributed by atoms with Gasteiger partial charge in [0.05, 0.1) is 11.7 Å². The van der Waals surface area contributed by atoms with Gasteiger partial charge in [-0.2, -0.15) is 5.26 Å². The summed E-state index contributed by atoms with van der Waals surface area (Å²) in [6.45, 7) is 13.2. The summed E-state index contributed by atoms with van der Waals surface area (Å²) in [4.78, 5) is 15.7. The monoisotopic (exact) mass is 660 g/mol. The average molecular weight is 661 g/mol. The van der Waals surface area contributed by atoms with Crippen LogP contribution in [0.3, 0.4) is 0 Å². The van der Waals surface area contributed by atoms with Crippen LogP contribution < -0.4 is 4.74 Å². The van der Waals surface area contributed by atoms with Crippen molar-refractivity contribution in [1.82, 2.24) is 4.90 Å². The molecule has 262 valence electrons. The summed E-state index contributed by atoms with van der Waals surface area (Å²) >= 11 is 0. The lowest BCUT2D eigenvalue weighted by Crippen LogP contribution is -2.28. The largest absolute Gasteiger partial charge is 0.489 e. The first-order chi connectivity index (χ1) is 23.6. The zero-order chi connectivity index (χ0) is 35.5. The molecule has 0 amide bonds. The second-order valence-electron chi connectivity index (χ2n) is 14.5. The van der Waals surface area contributed by atoms with E-state index in [0.29, 0.717) is 41.4 Å². The number of nitrogens with zero attached hydrogens (tertiary/aromatic N) is 2. The SMILES string of the molecule is CC/C=C/C=C(\C(C)=C(C)\C=C(/C)C1=C(CCC)C=C(C(=O)CCC(CC)N(C)C)C2CC12)c1ccc(OC2CCC=CCC2)c(C#N)c1. The highest BCUT2D eigenvalue weighted by atomic mass is 16.5. The van der Waals surface area contributed by atoms with E-state index in [1.54, 1.807) is 0 Å². The number of benzene rings is 1. The van der Waals surface area contributed by atoms with Crippen molar-refractivity contribution >= 4 is 11.4 Å². The van der Waals surface area contributed by atoms with Crippen LogP contribution in [0.5, 0.6) is 5.75 Å². The number of allylic oxidation sites excluding steroid dienone is 14. The fourth-order valence-corrected chi connectivity index (χ4v) is 7.64. The van der Waals surface area contributed by atoms with Crippen LogP contribution in [0, 0.1) is 23.2 Å². The van der Waals surface area contributed by atoms with Crippen molar-refractivity contribution in [3.8, 4) is 11.8 Å². The summed E-state index contributed by atoms with van der Waals surface area (Å²) in [7, 11) is 4.23. The van der Waals surface area contributed by atoms with Crippen molar-refractivity contribution < 1.29 is 9.53 Å². The fraction of sp³-hybridized carbons (Fsp3) is 0.511. The van der Waals surface area contributed by atoms with Crippen molar-refractivity contribution in [3.63, 3.8) is 0 Å². The van der Waals surface area contributed by atoms with E-state index in [4.69, 9.17) is 4.74 Å². The van der Waals surface area contributed by atoms with Gasteiger partial charge in [-0.3, -0.25) is 4.79 Å². The van der Waals surface area contributed by atoms with Crippen molar-refractivity contribution in [2.75, 3.05) is 14.1 Å². The third-order valence-corrected chi connectivity index (χ3v) is 10.7. The van der Waals surface area contributed by atoms with Crippen LogP contribution in [-0.4, -0.2) is 36.9 Å². The summed E-state index contributed by atoms with van der Waals surface area (Å²) in [6.07, 6.45) is 26.4. The van der Waals surface area contributed by atoms with Crippen LogP contribution in [0.2, 0.25) is 0 Å². The number of hydrogen-bond acceptors (Lipinski definition) is 4. The molecule has 0 aromatic heterocycles. The quantitative estimate of drug-likeness (QED) is 0.131. The van der Waals surface area contributed by atoms with E-state index in [9.17, 15) is 10.1 Å². The Hall–Kier alpha value is -3.68. The normalized spacial score (nSPS) is 21.3. The number of rotatable bonds is 16. The maximum Gasteiger partial charge on any atom is 0.159 e. The van der Waals surface area contributed by atoms with Crippen LogP contribution in [-0.2, 0) is 4.79 Å². The smallest absolute Gasteiger partial charge is 0.159 e. The van der Waals surface area contributed by atoms with Gasteiger partial charge in [0, 0.05) is 12.5 Å². The van der Waals surface area contributed by atoms with Gasteiger partial charge < -0.3 is 9.64 Å². The minimum Gasteiger partial charge on any atom is -0.489 e. The lowest BCUT2D eigenvalue weighted by molar-refractivity contribution is -0.116. The molecule has 3 aliphatic rings. The summed E-state index contributed by atoms with van der Waals surface area (Å²) in [5, 5.41) is 10.1. The van der Waals surface area contributed by atoms with E-state index in [1.165, 1.54) is 27.9 Å². The first-order valence-electron chi connectivity index (χ1n) is 18.9. The molecule has 3 atom stereocenters. The Morgan fingerprint density at radius 3 is 2.45 bits per heavy atom. The predicted molar refractivity (Wildman–Crippen MR) is 206 cm³/mol. The standard InChI is InChI=1S/C45H60N2O2/c1-9-12-15-21-39(34-22-25-44(36(27-34)30-46)49-38-19-16-13-14-17-20-38)33(6)31(4)26-32(5)45-35(18-10-2)28-41(40-29-42(40)45)43(48)24-23-37(11-3)47(7)8/h12-15,21-22,25-28,37-38,40,42H,9-11,16-20,23-24,29H2,1-8H3/b15-12+,32-26+,33-31+,39-21+. The maximum absolute atomic E-state index is 13.5. The molecule has 3 aliphatic carbocycles. The van der Waals surface area contributed by atoms with Gasteiger partial charge in [0.1, 0.15) is 11.8 Å². The molecular formula is C45H60N2O2. The Balaban J connectivity index is 1.64. The van der Waals surface area contributed by atoms with Crippen molar-refractivity contribution in [2.24, 2.45) is 11.8 Å². The van der Waals surface area contributed by atoms with Gasteiger partial charge in [0.15, 0.2) is 5.78 Å². The van der Waals surface area contributed by atoms with Crippen LogP contribution >= 0.6 is 0 Å². The summed E-state index contributed by atoms with van der Waals surface area (Å²) in [6, 6.07) is 8.94. The number of hydrogen-bond donors (Lipinski definition) is 0. The Morgan fingerprint density at radius 2 is 1.82 bits per heavy atom. The Kier molecular flexibility index (Phi) is 14.3. The highest BCUT2D eigenvalue weighted by Crippen LogP contribution is 2.56. The molecule has 4 heteroatoms. The Morgan fingerprint density at radius 1 is 1.08 bits per heavy atom. The lowest BCUT2D eigenvalue weighted by atomic mass is 9.83. The number of fused-ring (bicyclic) bond motifs is 1. The molecule has 0 heterocycles. The zero-order valence-corrected chi connectivity index (χ0v) is 31.6. The summed E-state index contributed by atoms with van der Waals surface area (Å²) in [5.74, 6) is 1.84. The third-order valence-electron chi connectivity index (χ3n) is 10.7. The third kappa shape index (κ3) is 9.95. The van der Waals surface area contributed by atoms with Crippen LogP contribution in [0.1, 0.15) is 123 Å². The molecule has 0 saturated heterocycles. The minimum absolute atomic E-state index is 0.130. The van der Waals surface area contributed by atoms with Gasteiger partial charge in [0.25, 0.3) is 0 Å². The molecule has 0 spiro atoms. The lowest BCUT2D eigenvalue weighted by Gasteiger charge is -2.24. The number of nitriles is 1. The van der Waals surface area contributed by atoms with Crippen LogP contribution in [0.4, 0.5) is 0 Å². The van der Waals surface area contributed by atoms with Crippen molar-refractivity contribution in [3.05, 3.63) is 105 Å². The molecule has 0 bridgehead atoms. The van der Waals surface area contributed by atoms with Gasteiger partial charge in [-0.15, -0.1) is 0 Å². The van der Waals surface area contributed by atoms with E-state index >= 15 is 0 Å². The maximum atomic E-state index is 13.5. The van der Waals surface area contributed by atoms with Gasteiger partial charge in [-0.05, 0) is 161 Å². The number of carbonyl (C=O) groups excluding carboxylic acids is 1. The van der Waals surface area contributed by atoms with Gasteiger partial charge in [0.2, 0.25) is 0 Å². The van der Waals surface area contributed by atoms with Crippen molar-refractivity contribution in [1.29, 1.82) is 5.26 Å². The van der Waals surface area contributed by atoms with Gasteiger partial charge in [-0.1, -0.05) is 75.8 Å². The highest BCUT2D eigenvalue weighted by Gasteiger charge is 2.47. The molecule has 0 radical (unpaired) electrons. The van der Waals surface area contributed by atoms with E-state index in [-0.39, 0.29) is 6.10 Å². The second-order valence-corrected chi connectivity index (χ2v) is 14.5. The van der Waals surface area contributed by atoms with Gasteiger partial charge in [-0.25, -0.2) is 0 Å². The summed E-state index contributed by atoms with van der Waals surface area (Å²) < 4.78 is 6.37. The minimum atomic E-state index is 0.130. The van der Waals surface area contributed by atoms with Crippen LogP contribution in [0.15, 0.2) is 94.2 Å². The average Bonchev–Trinajstić information content (AvgIpc) is 3.91. The van der Waals surface area contributed by atoms with Crippen LogP contribution in [0.25, 0.3) is 5.57 Å². The molecule has 1 fully saturated rings. The Labute approximate surface area is 297 Å². The van der Waals surface area contributed by atoms with E-state index in [0.717, 1.165) is 80.9 Å². The molecule has 49 heavy (non-hydrogen) atoms. The zero-order valence-electron chi connectivity index (χ0n) is 31.6. The molecule has 4 nitrogen and oxygen atoms in total. The first-order valence-corrected chi connectivity index (χ1v) is 18.9. The molecule has 0 N–H and O–H groups in total. The topological polar surface area (TPSA) is 53.3 Å². The molecule has 1 aromatic carbocycles. The molecule has 0 aliphatic heterocycles. The number of ether oxygens (including phenoxy) is 1. The Bertz CT molecular complexity index is 1590. The molecule has 3 unspecified atom stereocenters. The van der Waals surface area contributed by atoms with E-state index in [2.05, 4.69) is 115 Å². The highest BCUT2D eigenvalue weighted by molar-refractivity contribution is 5.97. The molecule has 4 rings (SSSR count). The van der Waals surface area contributed by atoms with Gasteiger partial charge >= 0.3 is 0 Å². The van der Waals surface area contributed by atoms with E-state index < -0.39 is 0 Å². The summed E-state index contributed by atoms with van der Waals surface area (Å²) in [5.41, 5.74) is 10.3. The number of carbonyl (C=O) groups is 1. The molecular weight excluding hydrogens is 601 g/mol. The number of ketones is 1. The first kappa shape index (κ1) is 38.1.